The first-order valence-electron chi connectivity index (χ1n) is 11.0. The van der Waals surface area contributed by atoms with Gasteiger partial charge in [0.25, 0.3) is 5.89 Å². The lowest BCUT2D eigenvalue weighted by Crippen LogP contribution is -2.19. The predicted octanol–water partition coefficient (Wildman–Crippen LogP) is 4.82. The molecule has 1 aliphatic heterocycles. The zero-order chi connectivity index (χ0) is 24.4. The Morgan fingerprint density at radius 3 is 2.20 bits per heavy atom. The SMILES string of the molecule is COc1cc(-c2nc(C3CC(c4ccc(O)cc4)=NN3c3ccccc3)no2)cc(OC)c1OC. The molecule has 0 amide bonds. The highest BCUT2D eigenvalue weighted by atomic mass is 16.5. The smallest absolute Gasteiger partial charge is 0.258 e. The number of hydrazone groups is 1. The van der Waals surface area contributed by atoms with Crippen molar-refractivity contribution in [2.75, 3.05) is 26.3 Å². The fourth-order valence-electron chi connectivity index (χ4n) is 4.05. The maximum atomic E-state index is 9.67. The van der Waals surface area contributed by atoms with Gasteiger partial charge in [-0.15, -0.1) is 0 Å². The van der Waals surface area contributed by atoms with Gasteiger partial charge >= 0.3 is 0 Å². The molecular weight excluding hydrogens is 448 g/mol. The molecule has 0 bridgehead atoms. The Balaban J connectivity index is 1.51. The number of rotatable bonds is 7. The Labute approximate surface area is 202 Å². The molecule has 0 aliphatic carbocycles. The third-order valence-electron chi connectivity index (χ3n) is 5.78. The Kier molecular flexibility index (Phi) is 5.97. The van der Waals surface area contributed by atoms with Crippen LogP contribution in [0.1, 0.15) is 23.9 Å². The van der Waals surface area contributed by atoms with E-state index < -0.39 is 0 Å². The molecule has 1 aromatic heterocycles. The fraction of sp³-hybridized carbons (Fsp3) is 0.192. The summed E-state index contributed by atoms with van der Waals surface area (Å²) in [5, 5.41) is 20.7. The van der Waals surface area contributed by atoms with E-state index in [1.54, 1.807) is 45.6 Å². The van der Waals surface area contributed by atoms with Gasteiger partial charge in [0.2, 0.25) is 5.75 Å². The highest BCUT2D eigenvalue weighted by Crippen LogP contribution is 2.42. The van der Waals surface area contributed by atoms with Crippen molar-refractivity contribution < 1.29 is 23.8 Å². The van der Waals surface area contributed by atoms with Gasteiger partial charge in [0, 0.05) is 12.0 Å². The number of nitrogens with zero attached hydrogens (tertiary/aromatic N) is 4. The fourth-order valence-corrected chi connectivity index (χ4v) is 4.05. The molecule has 3 aromatic carbocycles. The van der Waals surface area contributed by atoms with E-state index in [-0.39, 0.29) is 11.8 Å². The molecule has 35 heavy (non-hydrogen) atoms. The highest BCUT2D eigenvalue weighted by Gasteiger charge is 2.34. The molecule has 0 saturated carbocycles. The number of ether oxygens (including phenoxy) is 3. The highest BCUT2D eigenvalue weighted by molar-refractivity contribution is 6.03. The van der Waals surface area contributed by atoms with Crippen LogP contribution in [0.25, 0.3) is 11.5 Å². The molecule has 1 atom stereocenters. The third kappa shape index (κ3) is 4.23. The maximum absolute atomic E-state index is 9.67. The summed E-state index contributed by atoms with van der Waals surface area (Å²) in [6.45, 7) is 0. The second-order valence-electron chi connectivity index (χ2n) is 7.87. The second-order valence-corrected chi connectivity index (χ2v) is 7.87. The van der Waals surface area contributed by atoms with Gasteiger partial charge in [-0.2, -0.15) is 10.1 Å². The Morgan fingerprint density at radius 2 is 1.57 bits per heavy atom. The van der Waals surface area contributed by atoms with E-state index in [1.165, 1.54) is 0 Å². The molecule has 0 fully saturated rings. The van der Waals surface area contributed by atoms with Crippen molar-refractivity contribution in [1.29, 1.82) is 0 Å². The standard InChI is InChI=1S/C26H24N4O5/c1-32-22-13-17(14-23(33-2)24(22)34-3)26-27-25(29-35-26)21-15-20(16-9-11-19(31)12-10-16)28-30(21)18-7-5-4-6-8-18/h4-14,21,31H,15H2,1-3H3. The van der Waals surface area contributed by atoms with Crippen LogP contribution in [0.4, 0.5) is 5.69 Å². The van der Waals surface area contributed by atoms with Crippen molar-refractivity contribution in [3.05, 3.63) is 78.1 Å². The number of anilines is 1. The minimum absolute atomic E-state index is 0.206. The van der Waals surface area contributed by atoms with Crippen molar-refractivity contribution in [2.24, 2.45) is 5.10 Å². The van der Waals surface area contributed by atoms with Crippen LogP contribution in [0.15, 0.2) is 76.4 Å². The number of benzene rings is 3. The van der Waals surface area contributed by atoms with Crippen molar-refractivity contribution in [3.8, 4) is 34.5 Å². The monoisotopic (exact) mass is 472 g/mol. The first kappa shape index (κ1) is 22.3. The number of para-hydroxylation sites is 1. The molecular formula is C26H24N4O5. The summed E-state index contributed by atoms with van der Waals surface area (Å²) in [5.41, 5.74) is 3.32. The lowest BCUT2D eigenvalue weighted by molar-refractivity contribution is 0.324. The number of methoxy groups -OCH3 is 3. The molecule has 9 nitrogen and oxygen atoms in total. The van der Waals surface area contributed by atoms with Gasteiger partial charge in [-0.25, -0.2) is 0 Å². The van der Waals surface area contributed by atoms with Crippen LogP contribution in [0.2, 0.25) is 0 Å². The third-order valence-corrected chi connectivity index (χ3v) is 5.78. The molecule has 0 spiro atoms. The molecule has 4 aromatic rings. The van der Waals surface area contributed by atoms with Gasteiger partial charge < -0.3 is 23.8 Å². The van der Waals surface area contributed by atoms with Crippen LogP contribution in [-0.4, -0.2) is 42.3 Å². The van der Waals surface area contributed by atoms with E-state index in [2.05, 4.69) is 5.16 Å². The van der Waals surface area contributed by atoms with Gasteiger partial charge in [-0.05, 0) is 54.1 Å². The molecule has 1 aliphatic rings. The lowest BCUT2D eigenvalue weighted by Gasteiger charge is -2.20. The summed E-state index contributed by atoms with van der Waals surface area (Å²) >= 11 is 0. The molecule has 2 heterocycles. The summed E-state index contributed by atoms with van der Waals surface area (Å²) in [7, 11) is 4.66. The van der Waals surface area contributed by atoms with Crippen molar-refractivity contribution in [2.45, 2.75) is 12.5 Å². The maximum Gasteiger partial charge on any atom is 0.258 e. The van der Waals surface area contributed by atoms with Crippen LogP contribution < -0.4 is 19.2 Å². The van der Waals surface area contributed by atoms with Crippen molar-refractivity contribution in [3.63, 3.8) is 0 Å². The van der Waals surface area contributed by atoms with Crippen molar-refractivity contribution in [1.82, 2.24) is 10.1 Å². The van der Waals surface area contributed by atoms with E-state index in [4.69, 9.17) is 28.8 Å². The number of aromatic nitrogens is 2. The summed E-state index contributed by atoms with van der Waals surface area (Å²) in [6.07, 6.45) is 0.563. The largest absolute Gasteiger partial charge is 0.508 e. The van der Waals surface area contributed by atoms with Gasteiger partial charge in [-0.3, -0.25) is 5.01 Å². The summed E-state index contributed by atoms with van der Waals surface area (Å²) in [4.78, 5) is 4.70. The molecule has 1 N–H and O–H groups in total. The van der Waals surface area contributed by atoms with Crippen LogP contribution in [0.5, 0.6) is 23.0 Å². The van der Waals surface area contributed by atoms with Gasteiger partial charge in [0.1, 0.15) is 11.8 Å². The van der Waals surface area contributed by atoms with E-state index >= 15 is 0 Å². The Morgan fingerprint density at radius 1 is 0.886 bits per heavy atom. The summed E-state index contributed by atoms with van der Waals surface area (Å²) in [6, 6.07) is 20.1. The molecule has 1 unspecified atom stereocenters. The molecule has 0 radical (unpaired) electrons. The molecule has 178 valence electrons. The summed E-state index contributed by atoms with van der Waals surface area (Å²) in [5.74, 6) is 2.49. The zero-order valence-corrected chi connectivity index (χ0v) is 19.5. The second kappa shape index (κ2) is 9.38. The minimum atomic E-state index is -0.277. The minimum Gasteiger partial charge on any atom is -0.508 e. The Bertz CT molecular complexity index is 1330. The van der Waals surface area contributed by atoms with Gasteiger partial charge in [0.05, 0.1) is 32.7 Å². The molecule has 0 saturated heterocycles. The zero-order valence-electron chi connectivity index (χ0n) is 19.5. The number of aromatic hydroxyl groups is 1. The lowest BCUT2D eigenvalue weighted by atomic mass is 10.0. The number of hydrogen-bond acceptors (Lipinski definition) is 9. The van der Waals surface area contributed by atoms with Crippen molar-refractivity contribution >= 4 is 11.4 Å². The van der Waals surface area contributed by atoms with Gasteiger partial charge in [-0.1, -0.05) is 23.4 Å². The van der Waals surface area contributed by atoms with E-state index in [0.717, 1.165) is 17.0 Å². The van der Waals surface area contributed by atoms with E-state index in [1.807, 2.05) is 47.5 Å². The summed E-state index contributed by atoms with van der Waals surface area (Å²) < 4.78 is 22.0. The average Bonchev–Trinajstić information content (AvgIpc) is 3.56. The average molecular weight is 473 g/mol. The first-order chi connectivity index (χ1) is 17.1. The van der Waals surface area contributed by atoms with Crippen LogP contribution >= 0.6 is 0 Å². The number of phenolic OH excluding ortho intramolecular Hbond substituents is 1. The molecule has 5 rings (SSSR count). The van der Waals surface area contributed by atoms with Gasteiger partial charge in [0.15, 0.2) is 17.3 Å². The topological polar surface area (TPSA) is 102 Å². The molecule has 9 heteroatoms. The van der Waals surface area contributed by atoms with E-state index in [0.29, 0.717) is 40.9 Å². The normalized spacial score (nSPS) is 15.1. The van der Waals surface area contributed by atoms with Crippen LogP contribution in [-0.2, 0) is 0 Å². The number of phenols is 1. The first-order valence-corrected chi connectivity index (χ1v) is 11.0. The predicted molar refractivity (Wildman–Crippen MR) is 130 cm³/mol. The Hall–Kier alpha value is -4.53. The number of hydrogen-bond donors (Lipinski definition) is 1. The quantitative estimate of drug-likeness (QED) is 0.408. The van der Waals surface area contributed by atoms with Crippen LogP contribution in [0.3, 0.4) is 0 Å². The van der Waals surface area contributed by atoms with Crippen LogP contribution in [0, 0.1) is 0 Å². The van der Waals surface area contributed by atoms with E-state index in [9.17, 15) is 5.11 Å².